The van der Waals surface area contributed by atoms with Gasteiger partial charge in [0.15, 0.2) is 5.06 Å². The molecule has 0 bridgehead atoms. The number of hydrogen-bond donors (Lipinski definition) is 2. The molecule has 0 aromatic carbocycles. The van der Waals surface area contributed by atoms with E-state index in [1.807, 2.05) is 26.0 Å². The van der Waals surface area contributed by atoms with Gasteiger partial charge in [0.25, 0.3) is 0 Å². The van der Waals surface area contributed by atoms with E-state index in [2.05, 4.69) is 16.4 Å². The highest BCUT2D eigenvalue weighted by atomic mass is 32.1. The molecule has 6 heteroatoms. The standard InChI is InChI=1S/C15H13N3OS.C5H11N/c1-8-9(2)20-15-12(8)13(10-4-3-5-18-7-10)11(6-16)14(17)19-15;1-2-4-6-5-3-1/h3-5,7,13H,17H2,1-2H3;6H,1-5H2. The minimum absolute atomic E-state index is 0.190. The fourth-order valence-electron chi connectivity index (χ4n) is 3.27. The molecule has 0 saturated carbocycles. The predicted octanol–water partition coefficient (Wildman–Crippen LogP) is 3.74. The summed E-state index contributed by atoms with van der Waals surface area (Å²) in [6, 6.07) is 6.01. The Labute approximate surface area is 158 Å². The van der Waals surface area contributed by atoms with Gasteiger partial charge in [0.2, 0.25) is 5.88 Å². The topological polar surface area (TPSA) is 84.0 Å². The third kappa shape index (κ3) is 3.74. The van der Waals surface area contributed by atoms with Gasteiger partial charge in [-0.05, 0) is 57.0 Å². The first-order valence-corrected chi connectivity index (χ1v) is 9.73. The number of thiophene rings is 1. The lowest BCUT2D eigenvalue weighted by molar-refractivity contribution is 0.405. The van der Waals surface area contributed by atoms with E-state index in [0.717, 1.165) is 21.8 Å². The van der Waals surface area contributed by atoms with Crippen LogP contribution in [0, 0.1) is 25.2 Å². The molecule has 26 heavy (non-hydrogen) atoms. The highest BCUT2D eigenvalue weighted by Gasteiger charge is 2.34. The molecule has 3 N–H and O–H groups in total. The quantitative estimate of drug-likeness (QED) is 0.801. The lowest BCUT2D eigenvalue weighted by Crippen LogP contribution is -2.21. The largest absolute Gasteiger partial charge is 0.429 e. The highest BCUT2D eigenvalue weighted by molar-refractivity contribution is 7.14. The summed E-state index contributed by atoms with van der Waals surface area (Å²) in [5, 5.41) is 13.5. The van der Waals surface area contributed by atoms with E-state index >= 15 is 0 Å². The first-order valence-electron chi connectivity index (χ1n) is 8.91. The lowest BCUT2D eigenvalue weighted by atomic mass is 9.84. The molecule has 0 spiro atoms. The number of pyridine rings is 1. The Morgan fingerprint density at radius 3 is 2.62 bits per heavy atom. The lowest BCUT2D eigenvalue weighted by Gasteiger charge is -2.24. The summed E-state index contributed by atoms with van der Waals surface area (Å²) in [4.78, 5) is 5.33. The number of nitriles is 1. The van der Waals surface area contributed by atoms with Crippen molar-refractivity contribution < 1.29 is 4.74 Å². The second-order valence-electron chi connectivity index (χ2n) is 6.51. The van der Waals surface area contributed by atoms with Crippen LogP contribution in [0.25, 0.3) is 0 Å². The van der Waals surface area contributed by atoms with Gasteiger partial charge >= 0.3 is 0 Å². The Hall–Kier alpha value is -2.36. The maximum Gasteiger partial charge on any atom is 0.206 e. The van der Waals surface area contributed by atoms with Crippen molar-refractivity contribution in [3.8, 4) is 11.1 Å². The Morgan fingerprint density at radius 1 is 1.31 bits per heavy atom. The Kier molecular flexibility index (Phi) is 5.92. The van der Waals surface area contributed by atoms with Crippen LogP contribution in [0.5, 0.6) is 5.06 Å². The van der Waals surface area contributed by atoms with Gasteiger partial charge in [0, 0.05) is 22.8 Å². The van der Waals surface area contributed by atoms with Gasteiger partial charge in [-0.3, -0.25) is 4.98 Å². The molecule has 1 unspecified atom stereocenters. The van der Waals surface area contributed by atoms with E-state index in [4.69, 9.17) is 10.5 Å². The van der Waals surface area contributed by atoms with E-state index in [0.29, 0.717) is 5.57 Å². The SMILES string of the molecule is C1CCNCC1.Cc1sc2c(c1C)C(c1cccnc1)C(C#N)=C(N)O2. The third-order valence-corrected chi connectivity index (χ3v) is 5.89. The zero-order valence-corrected chi connectivity index (χ0v) is 16.0. The predicted molar refractivity (Wildman–Crippen MR) is 104 cm³/mol. The number of nitrogens with two attached hydrogens (primary N) is 1. The second-order valence-corrected chi connectivity index (χ2v) is 7.69. The molecule has 2 aromatic heterocycles. The first kappa shape index (κ1) is 18.4. The Balaban J connectivity index is 0.000000278. The van der Waals surface area contributed by atoms with Gasteiger partial charge in [0.05, 0.1) is 5.92 Å². The number of aromatic nitrogens is 1. The van der Waals surface area contributed by atoms with Gasteiger partial charge < -0.3 is 15.8 Å². The van der Waals surface area contributed by atoms with Gasteiger partial charge in [-0.2, -0.15) is 5.26 Å². The minimum Gasteiger partial charge on any atom is -0.429 e. The van der Waals surface area contributed by atoms with E-state index in [-0.39, 0.29) is 11.8 Å². The molecule has 136 valence electrons. The van der Waals surface area contributed by atoms with Gasteiger partial charge in [-0.15, -0.1) is 11.3 Å². The van der Waals surface area contributed by atoms with Crippen LogP contribution in [0.4, 0.5) is 0 Å². The summed E-state index contributed by atoms with van der Waals surface area (Å²) in [6.45, 7) is 6.60. The van der Waals surface area contributed by atoms with Crippen LogP contribution in [0.1, 0.15) is 46.7 Å². The van der Waals surface area contributed by atoms with Crippen LogP contribution in [-0.4, -0.2) is 18.1 Å². The summed E-state index contributed by atoms with van der Waals surface area (Å²) in [5.41, 5.74) is 9.50. The number of nitrogens with zero attached hydrogens (tertiary/aromatic N) is 2. The molecule has 5 nitrogen and oxygen atoms in total. The third-order valence-electron chi connectivity index (χ3n) is 4.79. The van der Waals surface area contributed by atoms with Crippen molar-refractivity contribution in [2.75, 3.05) is 13.1 Å². The van der Waals surface area contributed by atoms with E-state index in [9.17, 15) is 5.26 Å². The fourth-order valence-corrected chi connectivity index (χ4v) is 4.32. The zero-order valence-electron chi connectivity index (χ0n) is 15.2. The summed E-state index contributed by atoms with van der Waals surface area (Å²) in [6.07, 6.45) is 7.71. The monoisotopic (exact) mass is 368 g/mol. The Morgan fingerprint density at radius 2 is 2.08 bits per heavy atom. The number of nitrogens with one attached hydrogen (secondary N) is 1. The minimum atomic E-state index is -0.192. The van der Waals surface area contributed by atoms with Crippen molar-refractivity contribution >= 4 is 11.3 Å². The van der Waals surface area contributed by atoms with Crippen LogP contribution < -0.4 is 15.8 Å². The van der Waals surface area contributed by atoms with Gasteiger partial charge in [-0.25, -0.2) is 0 Å². The molecule has 0 amide bonds. The normalized spacial score (nSPS) is 18.9. The van der Waals surface area contributed by atoms with E-state index < -0.39 is 0 Å². The van der Waals surface area contributed by atoms with Crippen molar-refractivity contribution in [2.24, 2.45) is 5.73 Å². The van der Waals surface area contributed by atoms with Crippen LogP contribution in [0.3, 0.4) is 0 Å². The van der Waals surface area contributed by atoms with Crippen LogP contribution in [-0.2, 0) is 0 Å². The average molecular weight is 369 g/mol. The second kappa shape index (κ2) is 8.35. The zero-order chi connectivity index (χ0) is 18.5. The number of fused-ring (bicyclic) bond motifs is 1. The molecule has 4 heterocycles. The van der Waals surface area contributed by atoms with Gasteiger partial charge in [-0.1, -0.05) is 12.5 Å². The molecule has 2 aliphatic heterocycles. The molecule has 1 saturated heterocycles. The molecule has 1 fully saturated rings. The highest BCUT2D eigenvalue weighted by Crippen LogP contribution is 2.48. The van der Waals surface area contributed by atoms with Gasteiger partial charge in [0.1, 0.15) is 11.6 Å². The van der Waals surface area contributed by atoms with Crippen molar-refractivity contribution in [1.82, 2.24) is 10.3 Å². The molecular weight excluding hydrogens is 344 g/mol. The number of rotatable bonds is 1. The summed E-state index contributed by atoms with van der Waals surface area (Å²) < 4.78 is 5.62. The smallest absolute Gasteiger partial charge is 0.206 e. The molecule has 2 aliphatic rings. The average Bonchev–Trinajstić information content (AvgIpc) is 2.96. The summed E-state index contributed by atoms with van der Waals surface area (Å²) in [5.74, 6) is -0.00231. The number of ether oxygens (including phenoxy) is 1. The van der Waals surface area contributed by atoms with Crippen LogP contribution in [0.2, 0.25) is 0 Å². The first-order chi connectivity index (χ1) is 12.6. The number of hydrogen-bond acceptors (Lipinski definition) is 6. The molecule has 2 aromatic rings. The maximum absolute atomic E-state index is 9.43. The number of aryl methyl sites for hydroxylation is 1. The number of piperidine rings is 1. The van der Waals surface area contributed by atoms with Crippen LogP contribution >= 0.6 is 11.3 Å². The fraction of sp³-hybridized carbons (Fsp3) is 0.400. The van der Waals surface area contributed by atoms with Crippen molar-refractivity contribution in [3.05, 3.63) is 57.6 Å². The van der Waals surface area contributed by atoms with E-state index in [1.54, 1.807) is 23.7 Å². The molecule has 1 atom stereocenters. The maximum atomic E-state index is 9.43. The van der Waals surface area contributed by atoms with Crippen LogP contribution in [0.15, 0.2) is 36.0 Å². The van der Waals surface area contributed by atoms with Crippen molar-refractivity contribution in [3.63, 3.8) is 0 Å². The summed E-state index contributed by atoms with van der Waals surface area (Å²) in [7, 11) is 0. The van der Waals surface area contributed by atoms with E-state index in [1.165, 1.54) is 37.2 Å². The van der Waals surface area contributed by atoms with Crippen molar-refractivity contribution in [1.29, 1.82) is 5.26 Å². The molecule has 0 radical (unpaired) electrons. The molecular formula is C20H24N4OS. The Bertz CT molecular complexity index is 820. The summed E-state index contributed by atoms with van der Waals surface area (Å²) >= 11 is 1.57. The number of allylic oxidation sites excluding steroid dienone is 1. The molecule has 0 aliphatic carbocycles. The molecule has 4 rings (SSSR count). The van der Waals surface area contributed by atoms with Crippen molar-refractivity contribution in [2.45, 2.75) is 39.0 Å².